The molecule has 0 bridgehead atoms. The predicted octanol–water partition coefficient (Wildman–Crippen LogP) is 2.71. The first kappa shape index (κ1) is 11.1. The van der Waals surface area contributed by atoms with Crippen LogP contribution in [-0.2, 0) is 0 Å². The number of aliphatic imine (C=N–C) groups is 1. The Morgan fingerprint density at radius 1 is 1.47 bits per heavy atom. The zero-order valence-corrected chi connectivity index (χ0v) is 11.0. The van der Waals surface area contributed by atoms with E-state index >= 15 is 0 Å². The summed E-state index contributed by atoms with van der Waals surface area (Å²) in [5, 5.41) is 1.22. The number of amidine groups is 1. The monoisotopic (exact) mass is 247 g/mol. The normalized spacial score (nSPS) is 31.5. The standard InChI is InChI=1S/C13H17N3S/c1-3-10-8-17-13-15-12(9(2)16(10)13)11-6-4-5-7-14-11/h4-7,9-10,12H,3,8H2,1-2H3/t9-,10+,12-/m1/s1. The van der Waals surface area contributed by atoms with Crippen LogP contribution >= 0.6 is 11.8 Å². The molecule has 1 fully saturated rings. The Morgan fingerprint density at radius 2 is 2.35 bits per heavy atom. The Morgan fingerprint density at radius 3 is 3.06 bits per heavy atom. The van der Waals surface area contributed by atoms with Gasteiger partial charge in [-0.2, -0.15) is 0 Å². The summed E-state index contributed by atoms with van der Waals surface area (Å²) in [5.74, 6) is 1.19. The molecule has 17 heavy (non-hydrogen) atoms. The summed E-state index contributed by atoms with van der Waals surface area (Å²) in [5.41, 5.74) is 1.09. The molecule has 0 saturated carbocycles. The number of fused-ring (bicyclic) bond motifs is 1. The van der Waals surface area contributed by atoms with Crippen LogP contribution in [0, 0.1) is 0 Å². The first-order chi connectivity index (χ1) is 8.31. The molecule has 0 unspecified atom stereocenters. The fourth-order valence-electron chi connectivity index (χ4n) is 2.65. The van der Waals surface area contributed by atoms with Crippen molar-refractivity contribution in [2.75, 3.05) is 5.75 Å². The SMILES string of the molecule is CC[C@H]1CSC2=N[C@@H](c3ccccn3)[C@@H](C)N21. The van der Waals surface area contributed by atoms with Crippen LogP contribution < -0.4 is 0 Å². The Bertz CT molecular complexity index is 432. The highest BCUT2D eigenvalue weighted by atomic mass is 32.2. The number of thioether (sulfide) groups is 1. The lowest BCUT2D eigenvalue weighted by molar-refractivity contribution is 0.268. The van der Waals surface area contributed by atoms with E-state index in [4.69, 9.17) is 4.99 Å². The maximum Gasteiger partial charge on any atom is 0.160 e. The fourth-order valence-corrected chi connectivity index (χ4v) is 4.04. The summed E-state index contributed by atoms with van der Waals surface area (Å²) < 4.78 is 0. The van der Waals surface area contributed by atoms with Crippen LogP contribution in [0.4, 0.5) is 0 Å². The van der Waals surface area contributed by atoms with Crippen LogP contribution in [0.15, 0.2) is 29.4 Å². The van der Waals surface area contributed by atoms with Gasteiger partial charge in [0, 0.05) is 18.0 Å². The molecule has 0 N–H and O–H groups in total. The Balaban J connectivity index is 1.89. The maximum atomic E-state index is 4.84. The van der Waals surface area contributed by atoms with Crippen molar-refractivity contribution < 1.29 is 0 Å². The van der Waals surface area contributed by atoms with Gasteiger partial charge in [-0.1, -0.05) is 24.8 Å². The predicted molar refractivity (Wildman–Crippen MR) is 72.3 cm³/mol. The molecule has 1 saturated heterocycles. The third kappa shape index (κ3) is 1.75. The average Bonchev–Trinajstić information content (AvgIpc) is 2.91. The fraction of sp³-hybridized carbons (Fsp3) is 0.538. The van der Waals surface area contributed by atoms with Crippen LogP contribution in [0.2, 0.25) is 0 Å². The molecule has 3 nitrogen and oxygen atoms in total. The highest BCUT2D eigenvalue weighted by Gasteiger charge is 2.42. The zero-order valence-electron chi connectivity index (χ0n) is 10.2. The van der Waals surface area contributed by atoms with Crippen molar-refractivity contribution in [3.8, 4) is 0 Å². The van der Waals surface area contributed by atoms with Gasteiger partial charge in [0.1, 0.15) is 6.04 Å². The molecule has 4 heteroatoms. The van der Waals surface area contributed by atoms with Crippen LogP contribution in [0.3, 0.4) is 0 Å². The van der Waals surface area contributed by atoms with Crippen molar-refractivity contribution in [2.24, 2.45) is 4.99 Å². The zero-order chi connectivity index (χ0) is 11.8. The number of pyridine rings is 1. The summed E-state index contributed by atoms with van der Waals surface area (Å²) in [6, 6.07) is 7.40. The molecule has 0 spiro atoms. The molecular weight excluding hydrogens is 230 g/mol. The van der Waals surface area contributed by atoms with Gasteiger partial charge in [0.15, 0.2) is 5.17 Å². The first-order valence-electron chi connectivity index (χ1n) is 6.21. The second-order valence-electron chi connectivity index (χ2n) is 4.63. The van der Waals surface area contributed by atoms with Gasteiger partial charge in [0.25, 0.3) is 0 Å². The minimum Gasteiger partial charge on any atom is -0.342 e. The molecular formula is C13H17N3S. The number of hydrogen-bond acceptors (Lipinski definition) is 4. The average molecular weight is 247 g/mol. The lowest BCUT2D eigenvalue weighted by atomic mass is 10.0. The van der Waals surface area contributed by atoms with E-state index in [2.05, 4.69) is 29.8 Å². The maximum absolute atomic E-state index is 4.84. The molecule has 1 aromatic rings. The first-order valence-corrected chi connectivity index (χ1v) is 7.19. The van der Waals surface area contributed by atoms with Crippen molar-refractivity contribution in [3.05, 3.63) is 30.1 Å². The Hall–Kier alpha value is -1.03. The third-order valence-electron chi connectivity index (χ3n) is 3.63. The Kier molecular flexibility index (Phi) is 2.82. The van der Waals surface area contributed by atoms with E-state index in [1.165, 1.54) is 17.3 Å². The summed E-state index contributed by atoms with van der Waals surface area (Å²) in [4.78, 5) is 11.8. The minimum absolute atomic E-state index is 0.216. The third-order valence-corrected chi connectivity index (χ3v) is 4.75. The molecule has 3 rings (SSSR count). The summed E-state index contributed by atoms with van der Waals surface area (Å²) >= 11 is 1.90. The van der Waals surface area contributed by atoms with Gasteiger partial charge in [-0.25, -0.2) is 0 Å². The lowest BCUT2D eigenvalue weighted by Gasteiger charge is -2.28. The van der Waals surface area contributed by atoms with Gasteiger partial charge in [0.2, 0.25) is 0 Å². The van der Waals surface area contributed by atoms with E-state index in [-0.39, 0.29) is 6.04 Å². The van der Waals surface area contributed by atoms with Crippen molar-refractivity contribution >= 4 is 16.9 Å². The van der Waals surface area contributed by atoms with Crippen molar-refractivity contribution in [1.29, 1.82) is 0 Å². The van der Waals surface area contributed by atoms with Crippen molar-refractivity contribution in [3.63, 3.8) is 0 Å². The van der Waals surface area contributed by atoms with Crippen LogP contribution in [0.5, 0.6) is 0 Å². The summed E-state index contributed by atoms with van der Waals surface area (Å²) in [6.45, 7) is 4.53. The molecule has 3 atom stereocenters. The smallest absolute Gasteiger partial charge is 0.160 e. The summed E-state index contributed by atoms with van der Waals surface area (Å²) in [7, 11) is 0. The quantitative estimate of drug-likeness (QED) is 0.804. The van der Waals surface area contributed by atoms with Gasteiger partial charge in [-0.3, -0.25) is 9.98 Å². The van der Waals surface area contributed by atoms with Crippen molar-refractivity contribution in [1.82, 2.24) is 9.88 Å². The van der Waals surface area contributed by atoms with Crippen LogP contribution in [0.25, 0.3) is 0 Å². The highest BCUT2D eigenvalue weighted by Crippen LogP contribution is 2.40. The lowest BCUT2D eigenvalue weighted by Crippen LogP contribution is -2.38. The van der Waals surface area contributed by atoms with Gasteiger partial charge in [-0.15, -0.1) is 0 Å². The van der Waals surface area contributed by atoms with E-state index in [9.17, 15) is 0 Å². The molecule has 1 aromatic heterocycles. The van der Waals surface area contributed by atoms with Gasteiger partial charge >= 0.3 is 0 Å². The largest absolute Gasteiger partial charge is 0.342 e. The second-order valence-corrected chi connectivity index (χ2v) is 5.62. The number of aromatic nitrogens is 1. The topological polar surface area (TPSA) is 28.5 Å². The molecule has 0 aliphatic carbocycles. The number of nitrogens with zero attached hydrogens (tertiary/aromatic N) is 3. The molecule has 2 aliphatic rings. The molecule has 0 amide bonds. The molecule has 0 radical (unpaired) electrons. The van der Waals surface area contributed by atoms with E-state index < -0.39 is 0 Å². The van der Waals surface area contributed by atoms with E-state index in [1.54, 1.807) is 0 Å². The van der Waals surface area contributed by atoms with E-state index in [0.29, 0.717) is 12.1 Å². The molecule has 2 aliphatic heterocycles. The van der Waals surface area contributed by atoms with E-state index in [1.807, 2.05) is 30.1 Å². The minimum atomic E-state index is 0.216. The van der Waals surface area contributed by atoms with E-state index in [0.717, 1.165) is 5.69 Å². The molecule has 3 heterocycles. The van der Waals surface area contributed by atoms with Crippen LogP contribution in [-0.4, -0.2) is 32.9 Å². The van der Waals surface area contributed by atoms with Gasteiger partial charge in [-0.05, 0) is 25.5 Å². The van der Waals surface area contributed by atoms with Crippen LogP contribution in [0.1, 0.15) is 32.0 Å². The van der Waals surface area contributed by atoms with Crippen molar-refractivity contribution in [2.45, 2.75) is 38.4 Å². The number of rotatable bonds is 2. The molecule has 90 valence electrons. The molecule has 0 aromatic carbocycles. The van der Waals surface area contributed by atoms with Gasteiger partial charge < -0.3 is 4.90 Å². The second kappa shape index (κ2) is 4.33. The Labute approximate surface area is 106 Å². The summed E-state index contributed by atoms with van der Waals surface area (Å²) in [6.07, 6.45) is 3.06. The van der Waals surface area contributed by atoms with Gasteiger partial charge in [0.05, 0.1) is 11.7 Å². The number of hydrogen-bond donors (Lipinski definition) is 0. The highest BCUT2D eigenvalue weighted by molar-refractivity contribution is 8.14.